The van der Waals surface area contributed by atoms with Crippen molar-refractivity contribution in [3.63, 3.8) is 0 Å². The number of pyridine rings is 1. The van der Waals surface area contributed by atoms with Crippen LogP contribution in [0.4, 0.5) is 0 Å². The molecule has 0 aliphatic carbocycles. The third-order valence-corrected chi connectivity index (χ3v) is 2.22. The van der Waals surface area contributed by atoms with Gasteiger partial charge in [0.05, 0.1) is 0 Å². The minimum absolute atomic E-state index is 0.175. The maximum Gasteiger partial charge on any atom is 0.0439 e. The summed E-state index contributed by atoms with van der Waals surface area (Å²) in [6, 6.07) is 4.01. The van der Waals surface area contributed by atoms with Gasteiger partial charge in [0.2, 0.25) is 0 Å². The van der Waals surface area contributed by atoms with E-state index in [0.717, 1.165) is 11.3 Å². The lowest BCUT2D eigenvalue weighted by Gasteiger charge is -2.11. The van der Waals surface area contributed by atoms with Crippen molar-refractivity contribution in [1.82, 2.24) is 4.98 Å². The van der Waals surface area contributed by atoms with Gasteiger partial charge in [-0.25, -0.2) is 4.40 Å². The average Bonchev–Trinajstić information content (AvgIpc) is 2.06. The number of aryl methyl sites for hydroxylation is 1. The molecule has 1 aromatic heterocycles. The molecule has 0 saturated carbocycles. The Hall–Kier alpha value is -0.830. The molecule has 0 N–H and O–H groups in total. The lowest BCUT2D eigenvalue weighted by Crippen LogP contribution is -2.04. The Morgan fingerprint density at radius 1 is 1.36 bits per heavy atom. The second-order valence-electron chi connectivity index (χ2n) is 4.17. The summed E-state index contributed by atoms with van der Waals surface area (Å²) in [4.78, 5) is 4.19. The molecule has 0 atom stereocenters. The van der Waals surface area contributed by atoms with Gasteiger partial charge in [-0.1, -0.05) is 6.07 Å². The van der Waals surface area contributed by atoms with Crippen LogP contribution < -0.4 is 0 Å². The van der Waals surface area contributed by atoms with Gasteiger partial charge < -0.3 is 0 Å². The van der Waals surface area contributed by atoms with Crippen LogP contribution in [-0.2, 0) is 0 Å². The summed E-state index contributed by atoms with van der Waals surface area (Å²) in [6.45, 7) is 8.40. The summed E-state index contributed by atoms with van der Waals surface area (Å²) in [5.41, 5.74) is 2.08. The normalized spacial score (nSPS) is 12.3. The van der Waals surface area contributed by atoms with E-state index in [1.807, 2.05) is 31.5 Å². The van der Waals surface area contributed by atoms with Crippen LogP contribution in [0, 0.1) is 6.92 Å². The molecule has 0 unspecified atom stereocenters. The predicted octanol–water partition coefficient (Wildman–Crippen LogP) is 3.26. The van der Waals surface area contributed by atoms with Crippen molar-refractivity contribution in [1.29, 1.82) is 0 Å². The molecule has 0 radical (unpaired) electrons. The number of hydrogen-bond acceptors (Lipinski definition) is 3. The molecule has 0 fully saturated rings. The van der Waals surface area contributed by atoms with E-state index < -0.39 is 0 Å². The third kappa shape index (κ3) is 4.42. The van der Waals surface area contributed by atoms with Crippen molar-refractivity contribution in [3.8, 4) is 0 Å². The highest BCUT2D eigenvalue weighted by Crippen LogP contribution is 2.23. The Balaban J connectivity index is 2.57. The van der Waals surface area contributed by atoms with Gasteiger partial charge in [0.1, 0.15) is 0 Å². The van der Waals surface area contributed by atoms with Gasteiger partial charge in [-0.3, -0.25) is 4.98 Å². The standard InChI is InChI=1S/C11H16N2S/c1-9-5-6-10(7-12-9)8-13-14-11(2,3)4/h5-8H,1-4H3. The first-order valence-corrected chi connectivity index (χ1v) is 5.39. The molecule has 0 spiro atoms. The molecule has 3 heteroatoms. The highest BCUT2D eigenvalue weighted by atomic mass is 32.2. The van der Waals surface area contributed by atoms with Gasteiger partial charge >= 0.3 is 0 Å². The molecule has 1 heterocycles. The summed E-state index contributed by atoms with van der Waals surface area (Å²) < 4.78 is 4.47. The third-order valence-electron chi connectivity index (χ3n) is 1.46. The van der Waals surface area contributed by atoms with Crippen molar-refractivity contribution in [2.24, 2.45) is 4.40 Å². The van der Waals surface area contributed by atoms with Crippen molar-refractivity contribution in [3.05, 3.63) is 29.6 Å². The fraction of sp³-hybridized carbons (Fsp3) is 0.455. The van der Waals surface area contributed by atoms with Crippen LogP contribution in [0.25, 0.3) is 0 Å². The van der Waals surface area contributed by atoms with Crippen LogP contribution in [0.3, 0.4) is 0 Å². The molecule has 14 heavy (non-hydrogen) atoms. The average molecular weight is 208 g/mol. The molecule has 0 saturated heterocycles. The van der Waals surface area contributed by atoms with E-state index in [4.69, 9.17) is 0 Å². The molecular formula is C11H16N2S. The zero-order valence-corrected chi connectivity index (χ0v) is 9.93. The van der Waals surface area contributed by atoms with Crippen molar-refractivity contribution in [2.75, 3.05) is 0 Å². The molecule has 1 aromatic rings. The van der Waals surface area contributed by atoms with Gasteiger partial charge in [-0.15, -0.1) is 0 Å². The minimum Gasteiger partial charge on any atom is -0.261 e. The predicted molar refractivity (Wildman–Crippen MR) is 63.9 cm³/mol. The Morgan fingerprint density at radius 3 is 2.57 bits per heavy atom. The quantitative estimate of drug-likeness (QED) is 0.550. The first kappa shape index (κ1) is 11.2. The van der Waals surface area contributed by atoms with E-state index in [1.54, 1.807) is 11.9 Å². The van der Waals surface area contributed by atoms with Crippen LogP contribution in [-0.4, -0.2) is 15.9 Å². The molecule has 0 aliphatic heterocycles. The van der Waals surface area contributed by atoms with E-state index in [1.165, 1.54) is 0 Å². The van der Waals surface area contributed by atoms with Crippen molar-refractivity contribution < 1.29 is 0 Å². The first-order chi connectivity index (χ1) is 6.47. The molecule has 0 amide bonds. The molecule has 0 aliphatic rings. The Kier molecular flexibility index (Phi) is 3.69. The maximum absolute atomic E-state index is 4.29. The zero-order valence-electron chi connectivity index (χ0n) is 9.11. The number of nitrogens with zero attached hydrogens (tertiary/aromatic N) is 2. The number of aromatic nitrogens is 1. The lowest BCUT2D eigenvalue weighted by atomic mass is 10.3. The van der Waals surface area contributed by atoms with Crippen LogP contribution >= 0.6 is 11.9 Å². The second kappa shape index (κ2) is 4.60. The molecule has 76 valence electrons. The summed E-state index contributed by atoms with van der Waals surface area (Å²) >= 11 is 1.57. The van der Waals surface area contributed by atoms with E-state index in [9.17, 15) is 0 Å². The SMILES string of the molecule is Cc1ccc(C=NSC(C)(C)C)cn1. The summed E-state index contributed by atoms with van der Waals surface area (Å²) in [5, 5.41) is 0. The molecular weight excluding hydrogens is 192 g/mol. The summed E-state index contributed by atoms with van der Waals surface area (Å²) in [7, 11) is 0. The molecule has 0 aromatic carbocycles. The van der Waals surface area contributed by atoms with Gasteiger partial charge in [0.15, 0.2) is 0 Å². The smallest absolute Gasteiger partial charge is 0.0439 e. The first-order valence-electron chi connectivity index (χ1n) is 4.61. The van der Waals surface area contributed by atoms with Crippen molar-refractivity contribution in [2.45, 2.75) is 32.4 Å². The van der Waals surface area contributed by atoms with Crippen LogP contribution in [0.2, 0.25) is 0 Å². The fourth-order valence-corrected chi connectivity index (χ4v) is 1.29. The highest BCUT2D eigenvalue weighted by Gasteiger charge is 2.08. The van der Waals surface area contributed by atoms with Crippen LogP contribution in [0.1, 0.15) is 32.0 Å². The maximum atomic E-state index is 4.29. The summed E-state index contributed by atoms with van der Waals surface area (Å²) in [5.74, 6) is 0. The second-order valence-corrected chi connectivity index (χ2v) is 5.79. The van der Waals surface area contributed by atoms with E-state index >= 15 is 0 Å². The molecule has 0 bridgehead atoms. The monoisotopic (exact) mass is 208 g/mol. The number of hydrogen-bond donors (Lipinski definition) is 0. The van der Waals surface area contributed by atoms with Gasteiger partial charge in [-0.2, -0.15) is 0 Å². The zero-order chi connectivity index (χ0) is 10.6. The largest absolute Gasteiger partial charge is 0.261 e. The Labute approximate surface area is 90.0 Å². The highest BCUT2D eigenvalue weighted by molar-refractivity contribution is 7.99. The van der Waals surface area contributed by atoms with E-state index in [2.05, 4.69) is 30.2 Å². The van der Waals surface area contributed by atoms with Crippen molar-refractivity contribution >= 4 is 18.2 Å². The van der Waals surface area contributed by atoms with Crippen LogP contribution in [0.15, 0.2) is 22.7 Å². The Morgan fingerprint density at radius 2 is 2.07 bits per heavy atom. The lowest BCUT2D eigenvalue weighted by molar-refractivity contribution is 0.804. The van der Waals surface area contributed by atoms with Gasteiger partial charge in [0.25, 0.3) is 0 Å². The van der Waals surface area contributed by atoms with Gasteiger partial charge in [-0.05, 0) is 45.7 Å². The Bertz CT molecular complexity index is 309. The van der Waals surface area contributed by atoms with Gasteiger partial charge in [0, 0.05) is 28.4 Å². The molecule has 2 nitrogen and oxygen atoms in total. The van der Waals surface area contributed by atoms with Crippen LogP contribution in [0.5, 0.6) is 0 Å². The summed E-state index contributed by atoms with van der Waals surface area (Å²) in [6.07, 6.45) is 3.68. The van der Waals surface area contributed by atoms with E-state index in [0.29, 0.717) is 0 Å². The minimum atomic E-state index is 0.175. The number of rotatable bonds is 2. The fourth-order valence-electron chi connectivity index (χ4n) is 0.801. The topological polar surface area (TPSA) is 25.2 Å². The molecule has 1 rings (SSSR count). The van der Waals surface area contributed by atoms with E-state index in [-0.39, 0.29) is 4.75 Å².